The molecule has 146 valence electrons. The first-order chi connectivity index (χ1) is 13.4. The van der Waals surface area contributed by atoms with Crippen LogP contribution in [0.15, 0.2) is 36.1 Å². The number of piperidine rings is 1. The standard InChI is InChI=1S/C23H24FNO3/c1-14-7-9-25(10-8-14)13-17-19(26)11-15(2)21-22(27)20(28-23(17)21)12-16-5-3-4-6-18(16)24/h3-6,11-12,14,26H,7-10,13H2,1-2H3/b20-12-. The summed E-state index contributed by atoms with van der Waals surface area (Å²) < 4.78 is 19.9. The first-order valence-electron chi connectivity index (χ1n) is 9.70. The molecule has 2 aliphatic rings. The monoisotopic (exact) mass is 381 g/mol. The van der Waals surface area contributed by atoms with Crippen molar-refractivity contribution in [2.24, 2.45) is 5.92 Å². The number of nitrogens with zero attached hydrogens (tertiary/aromatic N) is 1. The number of fused-ring (bicyclic) bond motifs is 1. The van der Waals surface area contributed by atoms with Crippen LogP contribution >= 0.6 is 0 Å². The Morgan fingerprint density at radius 2 is 2.00 bits per heavy atom. The average Bonchev–Trinajstić information content (AvgIpc) is 2.99. The molecule has 0 radical (unpaired) electrons. The zero-order chi connectivity index (χ0) is 19.8. The topological polar surface area (TPSA) is 49.8 Å². The molecule has 1 N–H and O–H groups in total. The molecule has 0 bridgehead atoms. The van der Waals surface area contributed by atoms with E-state index in [4.69, 9.17) is 4.74 Å². The van der Waals surface area contributed by atoms with Gasteiger partial charge in [0.2, 0.25) is 5.78 Å². The maximum atomic E-state index is 14.0. The van der Waals surface area contributed by atoms with Gasteiger partial charge in [0.25, 0.3) is 0 Å². The molecule has 0 saturated carbocycles. The molecular weight excluding hydrogens is 357 g/mol. The molecule has 0 amide bonds. The molecule has 1 fully saturated rings. The number of aryl methyl sites for hydroxylation is 1. The second-order valence-corrected chi connectivity index (χ2v) is 7.82. The summed E-state index contributed by atoms with van der Waals surface area (Å²) in [5, 5.41) is 10.5. The highest BCUT2D eigenvalue weighted by molar-refractivity contribution is 6.15. The van der Waals surface area contributed by atoms with Crippen molar-refractivity contribution in [3.63, 3.8) is 0 Å². The first-order valence-corrected chi connectivity index (χ1v) is 9.70. The fourth-order valence-electron chi connectivity index (χ4n) is 3.91. The molecule has 1 saturated heterocycles. The first kappa shape index (κ1) is 18.7. The number of hydrogen-bond donors (Lipinski definition) is 1. The average molecular weight is 381 g/mol. The minimum Gasteiger partial charge on any atom is -0.507 e. The third kappa shape index (κ3) is 3.42. The quantitative estimate of drug-likeness (QED) is 0.784. The van der Waals surface area contributed by atoms with Crippen LogP contribution in [0.25, 0.3) is 6.08 Å². The number of Topliss-reactive ketones (excluding diaryl/α,β-unsaturated/α-hetero) is 1. The van der Waals surface area contributed by atoms with Crippen molar-refractivity contribution in [2.45, 2.75) is 33.2 Å². The highest BCUT2D eigenvalue weighted by atomic mass is 19.1. The largest absolute Gasteiger partial charge is 0.507 e. The smallest absolute Gasteiger partial charge is 0.232 e. The zero-order valence-corrected chi connectivity index (χ0v) is 16.2. The molecule has 2 heterocycles. The fraction of sp³-hybridized carbons (Fsp3) is 0.348. The lowest BCUT2D eigenvalue weighted by Crippen LogP contribution is -2.32. The lowest BCUT2D eigenvalue weighted by Gasteiger charge is -2.30. The van der Waals surface area contributed by atoms with E-state index >= 15 is 0 Å². The third-order valence-electron chi connectivity index (χ3n) is 5.67. The Morgan fingerprint density at radius 1 is 1.29 bits per heavy atom. The second-order valence-electron chi connectivity index (χ2n) is 7.82. The molecule has 2 aromatic rings. The van der Waals surface area contributed by atoms with Crippen LogP contribution in [0, 0.1) is 18.7 Å². The van der Waals surface area contributed by atoms with Crippen molar-refractivity contribution in [3.8, 4) is 11.5 Å². The van der Waals surface area contributed by atoms with Gasteiger partial charge in [-0.3, -0.25) is 9.69 Å². The summed E-state index contributed by atoms with van der Waals surface area (Å²) in [6, 6.07) is 7.88. The van der Waals surface area contributed by atoms with Gasteiger partial charge < -0.3 is 9.84 Å². The van der Waals surface area contributed by atoms with Gasteiger partial charge in [-0.1, -0.05) is 25.1 Å². The van der Waals surface area contributed by atoms with Crippen molar-refractivity contribution in [1.82, 2.24) is 4.90 Å². The number of phenolic OH excluding ortho intramolecular Hbond substituents is 1. The molecule has 0 atom stereocenters. The minimum absolute atomic E-state index is 0.0855. The SMILES string of the molecule is Cc1cc(O)c(CN2CCC(C)CC2)c2c1C(=O)/C(=C/c1ccccc1F)O2. The molecule has 5 heteroatoms. The number of phenols is 1. The maximum absolute atomic E-state index is 14.0. The van der Waals surface area contributed by atoms with E-state index in [2.05, 4.69) is 11.8 Å². The number of allylic oxidation sites excluding steroid dienone is 1. The molecule has 0 unspecified atom stereocenters. The van der Waals surface area contributed by atoms with Crippen molar-refractivity contribution in [2.75, 3.05) is 13.1 Å². The lowest BCUT2D eigenvalue weighted by atomic mass is 9.96. The van der Waals surface area contributed by atoms with Gasteiger partial charge in [0.15, 0.2) is 5.76 Å². The number of ketones is 1. The van der Waals surface area contributed by atoms with E-state index < -0.39 is 5.82 Å². The van der Waals surface area contributed by atoms with Crippen LogP contribution in [0.3, 0.4) is 0 Å². The van der Waals surface area contributed by atoms with Gasteiger partial charge in [0.05, 0.1) is 11.1 Å². The highest BCUT2D eigenvalue weighted by Gasteiger charge is 2.34. The summed E-state index contributed by atoms with van der Waals surface area (Å²) in [6.45, 7) is 6.46. The zero-order valence-electron chi connectivity index (χ0n) is 16.2. The Bertz CT molecular complexity index is 959. The van der Waals surface area contributed by atoms with Crippen molar-refractivity contribution >= 4 is 11.9 Å². The van der Waals surface area contributed by atoms with Gasteiger partial charge >= 0.3 is 0 Å². The summed E-state index contributed by atoms with van der Waals surface area (Å²) in [5.74, 6) is 0.649. The molecule has 28 heavy (non-hydrogen) atoms. The highest BCUT2D eigenvalue weighted by Crippen LogP contribution is 2.42. The number of benzene rings is 2. The molecule has 2 aromatic carbocycles. The minimum atomic E-state index is -0.412. The number of aromatic hydroxyl groups is 1. The molecule has 4 nitrogen and oxygen atoms in total. The molecule has 0 aliphatic carbocycles. The van der Waals surface area contributed by atoms with Crippen LogP contribution in [0.2, 0.25) is 0 Å². The molecule has 4 rings (SSSR count). The van der Waals surface area contributed by atoms with Gasteiger partial charge in [-0.15, -0.1) is 0 Å². The van der Waals surface area contributed by atoms with E-state index in [0.29, 0.717) is 40.5 Å². The van der Waals surface area contributed by atoms with Crippen molar-refractivity contribution < 1.29 is 19.0 Å². The van der Waals surface area contributed by atoms with Crippen molar-refractivity contribution in [1.29, 1.82) is 0 Å². The maximum Gasteiger partial charge on any atom is 0.232 e. The fourth-order valence-corrected chi connectivity index (χ4v) is 3.91. The summed E-state index contributed by atoms with van der Waals surface area (Å²) in [6.07, 6.45) is 3.67. The van der Waals surface area contributed by atoms with Gasteiger partial charge in [-0.05, 0) is 62.5 Å². The van der Waals surface area contributed by atoms with E-state index in [1.165, 1.54) is 12.1 Å². The van der Waals surface area contributed by atoms with E-state index in [-0.39, 0.29) is 17.3 Å². The van der Waals surface area contributed by atoms with Crippen LogP contribution in [-0.4, -0.2) is 28.9 Å². The number of ether oxygens (including phenoxy) is 1. The molecule has 0 spiro atoms. The van der Waals surface area contributed by atoms with Crippen LogP contribution in [-0.2, 0) is 6.54 Å². The van der Waals surface area contributed by atoms with Crippen LogP contribution in [0.5, 0.6) is 11.5 Å². The number of rotatable bonds is 3. The van der Waals surface area contributed by atoms with Gasteiger partial charge in [0, 0.05) is 12.1 Å². The molecular formula is C23H24FNO3. The van der Waals surface area contributed by atoms with E-state index in [9.17, 15) is 14.3 Å². The van der Waals surface area contributed by atoms with Crippen LogP contribution < -0.4 is 4.74 Å². The second kappa shape index (κ2) is 7.40. The van der Waals surface area contributed by atoms with Gasteiger partial charge in [-0.25, -0.2) is 4.39 Å². The third-order valence-corrected chi connectivity index (χ3v) is 5.67. The van der Waals surface area contributed by atoms with E-state index in [1.54, 1.807) is 31.2 Å². The number of hydrogen-bond acceptors (Lipinski definition) is 4. The summed E-state index contributed by atoms with van der Waals surface area (Å²) in [4.78, 5) is 15.2. The lowest BCUT2D eigenvalue weighted by molar-refractivity contribution is 0.101. The number of halogens is 1. The van der Waals surface area contributed by atoms with Crippen LogP contribution in [0.1, 0.15) is 46.8 Å². The normalized spacial score (nSPS) is 19.1. The summed E-state index contributed by atoms with van der Waals surface area (Å²) in [5.41, 5.74) is 2.04. The molecule has 0 aromatic heterocycles. The van der Waals surface area contributed by atoms with Gasteiger partial charge in [-0.2, -0.15) is 0 Å². The van der Waals surface area contributed by atoms with Crippen LogP contribution in [0.4, 0.5) is 4.39 Å². The predicted octanol–water partition coefficient (Wildman–Crippen LogP) is 4.69. The van der Waals surface area contributed by atoms with E-state index in [1.807, 2.05) is 0 Å². The Labute approximate surface area is 164 Å². The van der Waals surface area contributed by atoms with Gasteiger partial charge in [0.1, 0.15) is 17.3 Å². The number of carbonyl (C=O) groups excluding carboxylic acids is 1. The summed E-state index contributed by atoms with van der Waals surface area (Å²) in [7, 11) is 0. The number of carbonyl (C=O) groups is 1. The van der Waals surface area contributed by atoms with E-state index in [0.717, 1.165) is 25.9 Å². The Balaban J connectivity index is 1.69. The summed E-state index contributed by atoms with van der Waals surface area (Å²) >= 11 is 0. The predicted molar refractivity (Wildman–Crippen MR) is 106 cm³/mol. The number of likely N-dealkylation sites (tertiary alicyclic amines) is 1. The van der Waals surface area contributed by atoms with Crippen molar-refractivity contribution in [3.05, 3.63) is 64.2 Å². The Kier molecular flexibility index (Phi) is 4.94. The molecule has 2 aliphatic heterocycles. The Hall–Kier alpha value is -2.66. The Morgan fingerprint density at radius 3 is 2.71 bits per heavy atom.